The molecule has 0 spiro atoms. The van der Waals surface area contributed by atoms with Crippen molar-refractivity contribution in [1.29, 1.82) is 0 Å². The standard InChI is InChI=1S/C74H66N4O4/c1-3-5-7-9-11-21-43-75-71(79)59-45-58(50-33-39-52(40-34-50)78-62-30-20-18-28-56(62)66-54-26-16-14-24-48(54)36-42-64(66)78)70-68-60(72(80)76(74(70)82)44-22-12-10-8-6-4-2)46-57(69(67(59)68)73(75)81)49-31-37-51(38-32-49)77-61-29-19-17-27-55(61)65-53-25-15-13-23-47(53)35-41-63(65)77/h13-15,17-20,23-25,27-42,45-46H,3-12,16,21-22,26,43-44H2,1-2H3. The van der Waals surface area contributed by atoms with Gasteiger partial charge in [0.2, 0.25) is 0 Å². The van der Waals surface area contributed by atoms with Crippen LogP contribution in [0.5, 0.6) is 0 Å². The highest BCUT2D eigenvalue weighted by Crippen LogP contribution is 2.48. The molecule has 8 nitrogen and oxygen atoms in total. The van der Waals surface area contributed by atoms with E-state index in [2.05, 4.69) is 156 Å². The summed E-state index contributed by atoms with van der Waals surface area (Å²) in [6.45, 7) is 4.92. The van der Waals surface area contributed by atoms with E-state index in [0.29, 0.717) is 57.0 Å². The first-order valence-electron chi connectivity index (χ1n) is 30.1. The predicted molar refractivity (Wildman–Crippen MR) is 336 cm³/mol. The number of benzene rings is 9. The van der Waals surface area contributed by atoms with Crippen LogP contribution in [0.15, 0.2) is 164 Å². The Bertz CT molecular complexity index is 4460. The second-order valence-electron chi connectivity index (χ2n) is 23.0. The molecular weight excluding hydrogens is 1010 g/mol. The third-order valence-electron chi connectivity index (χ3n) is 18.0. The molecule has 8 heteroatoms. The van der Waals surface area contributed by atoms with Gasteiger partial charge in [-0.25, -0.2) is 0 Å². The highest BCUT2D eigenvalue weighted by Gasteiger charge is 2.43. The summed E-state index contributed by atoms with van der Waals surface area (Å²) >= 11 is 0. The molecule has 0 saturated heterocycles. The molecule has 14 rings (SSSR count). The van der Waals surface area contributed by atoms with Crippen LogP contribution in [0.1, 0.15) is 150 Å². The molecule has 0 fully saturated rings. The number of para-hydroxylation sites is 2. The lowest BCUT2D eigenvalue weighted by atomic mass is 9.79. The summed E-state index contributed by atoms with van der Waals surface area (Å²) < 4.78 is 4.62. The van der Waals surface area contributed by atoms with Gasteiger partial charge in [0.05, 0.1) is 33.2 Å². The number of hydrogen-bond donors (Lipinski definition) is 0. The van der Waals surface area contributed by atoms with E-state index in [1.807, 2.05) is 36.4 Å². The fourth-order valence-corrected chi connectivity index (χ4v) is 14.0. The molecule has 82 heavy (non-hydrogen) atoms. The number of fused-ring (bicyclic) bond motifs is 10. The van der Waals surface area contributed by atoms with E-state index in [4.69, 9.17) is 0 Å². The number of carbonyl (C=O) groups is 4. The molecule has 11 aromatic rings. The normalized spacial score (nSPS) is 14.1. The second kappa shape index (κ2) is 21.2. The smallest absolute Gasteiger partial charge is 0.262 e. The van der Waals surface area contributed by atoms with E-state index in [-0.39, 0.29) is 13.1 Å². The molecule has 0 unspecified atom stereocenters. The van der Waals surface area contributed by atoms with E-state index < -0.39 is 23.6 Å². The summed E-state index contributed by atoms with van der Waals surface area (Å²) in [7, 11) is 0. The highest BCUT2D eigenvalue weighted by molar-refractivity contribution is 6.36. The van der Waals surface area contributed by atoms with Gasteiger partial charge in [0.15, 0.2) is 0 Å². The number of amides is 4. The minimum absolute atomic E-state index is 0.265. The number of allylic oxidation sites excluding steroid dienone is 1. The number of hydrogen-bond acceptors (Lipinski definition) is 4. The van der Waals surface area contributed by atoms with Crippen LogP contribution >= 0.6 is 0 Å². The van der Waals surface area contributed by atoms with Gasteiger partial charge in [-0.3, -0.25) is 29.0 Å². The molecule has 3 aliphatic rings. The average molecular weight is 1080 g/mol. The molecule has 9 aromatic carbocycles. The van der Waals surface area contributed by atoms with Crippen molar-refractivity contribution in [2.75, 3.05) is 13.1 Å². The zero-order valence-electron chi connectivity index (χ0n) is 46.9. The Morgan fingerprint density at radius 1 is 0.390 bits per heavy atom. The Kier molecular flexibility index (Phi) is 13.3. The SMILES string of the molecule is CCCCCCCCN1C(=O)c2cc(-c3ccc(-n4c5ccccc5c5c6ccccc6ccc54)cc3)c3c4c(cc(-c5ccc(-n6c7ccccc7c7c8c(ccc76)C=CCC8)cc5)c(c24)C1=O)C(=O)N(CCCCCCCC)C3=O. The highest BCUT2D eigenvalue weighted by atomic mass is 16.2. The molecule has 0 atom stereocenters. The number of aryl methyl sites for hydroxylation is 1. The van der Waals surface area contributed by atoms with Gasteiger partial charge >= 0.3 is 0 Å². The zero-order valence-corrected chi connectivity index (χ0v) is 46.9. The molecule has 0 radical (unpaired) electrons. The maximum absolute atomic E-state index is 15.5. The van der Waals surface area contributed by atoms with Crippen LogP contribution in [0.25, 0.3) is 105 Å². The van der Waals surface area contributed by atoms with E-state index in [9.17, 15) is 0 Å². The summed E-state index contributed by atoms with van der Waals surface area (Å²) in [5.41, 5.74) is 13.0. The molecule has 4 amide bonds. The molecule has 1 aliphatic carbocycles. The van der Waals surface area contributed by atoms with Crippen LogP contribution in [0, 0.1) is 0 Å². The van der Waals surface area contributed by atoms with Gasteiger partial charge in [-0.1, -0.05) is 187 Å². The fourth-order valence-electron chi connectivity index (χ4n) is 14.0. The summed E-state index contributed by atoms with van der Waals surface area (Å²) in [5, 5.41) is 7.98. The Morgan fingerprint density at radius 2 is 0.854 bits per heavy atom. The van der Waals surface area contributed by atoms with Gasteiger partial charge in [-0.2, -0.15) is 0 Å². The maximum Gasteiger partial charge on any atom is 0.262 e. The average Bonchev–Trinajstić information content (AvgIpc) is 4.03. The number of nitrogens with zero attached hydrogens (tertiary/aromatic N) is 4. The summed E-state index contributed by atoms with van der Waals surface area (Å²) in [6.07, 6.45) is 18.4. The van der Waals surface area contributed by atoms with Crippen molar-refractivity contribution in [1.82, 2.24) is 18.9 Å². The topological polar surface area (TPSA) is 84.6 Å². The maximum atomic E-state index is 15.5. The lowest BCUT2D eigenvalue weighted by Crippen LogP contribution is -2.44. The quantitative estimate of drug-likeness (QED) is 0.0633. The Morgan fingerprint density at radius 3 is 1.40 bits per heavy atom. The number of imide groups is 2. The van der Waals surface area contributed by atoms with E-state index in [1.54, 1.807) is 0 Å². The first-order valence-corrected chi connectivity index (χ1v) is 30.1. The van der Waals surface area contributed by atoms with Crippen LogP contribution in [0.2, 0.25) is 0 Å². The van der Waals surface area contributed by atoms with Crippen LogP contribution in [-0.2, 0) is 6.42 Å². The van der Waals surface area contributed by atoms with Crippen molar-refractivity contribution < 1.29 is 19.2 Å². The van der Waals surface area contributed by atoms with Gasteiger partial charge in [-0.05, 0) is 131 Å². The van der Waals surface area contributed by atoms with Crippen molar-refractivity contribution in [2.45, 2.75) is 104 Å². The Balaban J connectivity index is 0.942. The molecule has 2 aromatic heterocycles. The first kappa shape index (κ1) is 51.3. The molecule has 0 N–H and O–H groups in total. The van der Waals surface area contributed by atoms with E-state index in [0.717, 1.165) is 127 Å². The minimum Gasteiger partial charge on any atom is -0.309 e. The molecule has 0 saturated carbocycles. The molecule has 4 heterocycles. The minimum atomic E-state index is -0.398. The monoisotopic (exact) mass is 1070 g/mol. The van der Waals surface area contributed by atoms with Crippen LogP contribution < -0.4 is 0 Å². The Hall–Kier alpha value is -8.88. The predicted octanol–water partition coefficient (Wildman–Crippen LogP) is 18.4. The fraction of sp³-hybridized carbons (Fsp3) is 0.243. The van der Waals surface area contributed by atoms with Crippen molar-refractivity contribution in [3.63, 3.8) is 0 Å². The largest absolute Gasteiger partial charge is 0.309 e. The number of carbonyl (C=O) groups excluding carboxylic acids is 4. The third-order valence-corrected chi connectivity index (χ3v) is 18.0. The van der Waals surface area contributed by atoms with E-state index >= 15 is 19.2 Å². The molecular formula is C74H66N4O4. The lowest BCUT2D eigenvalue weighted by molar-refractivity contribution is 0.0587. The van der Waals surface area contributed by atoms with Gasteiger partial charge in [0.25, 0.3) is 23.6 Å². The summed E-state index contributed by atoms with van der Waals surface area (Å²) in [4.78, 5) is 64.6. The number of rotatable bonds is 18. The van der Waals surface area contributed by atoms with Gasteiger partial charge in [0, 0.05) is 67.9 Å². The summed E-state index contributed by atoms with van der Waals surface area (Å²) in [5.74, 6) is -1.59. The van der Waals surface area contributed by atoms with Crippen LogP contribution in [0.4, 0.5) is 0 Å². The van der Waals surface area contributed by atoms with Gasteiger partial charge in [0.1, 0.15) is 0 Å². The molecule has 2 aliphatic heterocycles. The molecule has 406 valence electrons. The van der Waals surface area contributed by atoms with E-state index in [1.165, 1.54) is 47.9 Å². The van der Waals surface area contributed by atoms with Crippen molar-refractivity contribution >= 4 is 94.9 Å². The second-order valence-corrected chi connectivity index (χ2v) is 23.0. The van der Waals surface area contributed by atoms with Crippen molar-refractivity contribution in [3.05, 3.63) is 197 Å². The van der Waals surface area contributed by atoms with Crippen LogP contribution in [-0.4, -0.2) is 55.7 Å². The van der Waals surface area contributed by atoms with Gasteiger partial charge < -0.3 is 9.13 Å². The summed E-state index contributed by atoms with van der Waals surface area (Å²) in [6, 6.07) is 54.7. The van der Waals surface area contributed by atoms with Gasteiger partial charge in [-0.15, -0.1) is 0 Å². The Labute approximate surface area is 478 Å². The lowest BCUT2D eigenvalue weighted by Gasteiger charge is -2.34. The zero-order chi connectivity index (χ0) is 55.6. The van der Waals surface area contributed by atoms with Crippen LogP contribution in [0.3, 0.4) is 0 Å². The third kappa shape index (κ3) is 8.31. The molecule has 0 bridgehead atoms. The van der Waals surface area contributed by atoms with Crippen molar-refractivity contribution in [2.24, 2.45) is 0 Å². The van der Waals surface area contributed by atoms with Crippen molar-refractivity contribution in [3.8, 4) is 33.6 Å². The number of unbranched alkanes of at least 4 members (excludes halogenated alkanes) is 10. The number of aromatic nitrogens is 2. The first-order chi connectivity index (χ1) is 40.3.